The van der Waals surface area contributed by atoms with Crippen molar-refractivity contribution in [2.45, 2.75) is 44.8 Å². The Morgan fingerprint density at radius 2 is 2.22 bits per heavy atom. The van der Waals surface area contributed by atoms with Gasteiger partial charge in [-0.05, 0) is 32.9 Å². The Balaban J connectivity index is 1.93. The van der Waals surface area contributed by atoms with Crippen molar-refractivity contribution in [2.24, 2.45) is 17.1 Å². The summed E-state index contributed by atoms with van der Waals surface area (Å²) in [7, 11) is 2.18. The fourth-order valence-corrected chi connectivity index (χ4v) is 3.83. The lowest BCUT2D eigenvalue weighted by atomic mass is 9.48. The number of hydrogen-bond donors (Lipinski definition) is 1. The Morgan fingerprint density at radius 3 is 2.89 bits per heavy atom. The molecule has 104 valence electrons. The van der Waals surface area contributed by atoms with E-state index in [0.717, 1.165) is 32.5 Å². The maximum absolute atomic E-state index is 6.73. The standard InChI is InChI=1S/C15H28N2O/c1-5-6-7-9-17(4)11-15(16)12-8-10-18-13(12)14(15,2)3/h5,12-13H,1,6-11,16H2,2-4H3. The summed E-state index contributed by atoms with van der Waals surface area (Å²) in [5.41, 5.74) is 6.74. The molecule has 18 heavy (non-hydrogen) atoms. The predicted octanol–water partition coefficient (Wildman–Crippen LogP) is 2.03. The second-order valence-electron chi connectivity index (χ2n) is 6.62. The Morgan fingerprint density at radius 1 is 1.50 bits per heavy atom. The largest absolute Gasteiger partial charge is 0.377 e. The fraction of sp³-hybridized carbons (Fsp3) is 0.867. The summed E-state index contributed by atoms with van der Waals surface area (Å²) in [5.74, 6) is 0.550. The molecule has 2 N–H and O–H groups in total. The van der Waals surface area contributed by atoms with Crippen molar-refractivity contribution < 1.29 is 4.74 Å². The van der Waals surface area contributed by atoms with Crippen LogP contribution >= 0.6 is 0 Å². The first-order chi connectivity index (χ1) is 8.43. The molecule has 1 aliphatic carbocycles. The minimum atomic E-state index is -0.0862. The van der Waals surface area contributed by atoms with Gasteiger partial charge in [0.25, 0.3) is 0 Å². The number of nitrogens with zero attached hydrogens (tertiary/aromatic N) is 1. The highest BCUT2D eigenvalue weighted by Crippen LogP contribution is 2.58. The predicted molar refractivity (Wildman–Crippen MR) is 75.5 cm³/mol. The Kier molecular flexibility index (Phi) is 3.86. The SMILES string of the molecule is C=CCCCN(C)CC1(N)C2CCOC2C1(C)C. The minimum absolute atomic E-state index is 0.0862. The van der Waals surface area contributed by atoms with E-state index in [4.69, 9.17) is 10.5 Å². The first-order valence-corrected chi connectivity index (χ1v) is 7.13. The van der Waals surface area contributed by atoms with Gasteiger partial charge < -0.3 is 15.4 Å². The van der Waals surface area contributed by atoms with Gasteiger partial charge in [-0.25, -0.2) is 0 Å². The van der Waals surface area contributed by atoms with Gasteiger partial charge >= 0.3 is 0 Å². The third-order valence-electron chi connectivity index (χ3n) is 5.14. The highest BCUT2D eigenvalue weighted by molar-refractivity contribution is 5.21. The third kappa shape index (κ3) is 2.02. The number of ether oxygens (including phenoxy) is 1. The molecule has 0 aromatic rings. The summed E-state index contributed by atoms with van der Waals surface area (Å²) in [6, 6.07) is 0. The van der Waals surface area contributed by atoms with Crippen LogP contribution in [0.25, 0.3) is 0 Å². The summed E-state index contributed by atoms with van der Waals surface area (Å²) in [6.07, 6.45) is 5.75. The van der Waals surface area contributed by atoms with Crippen LogP contribution in [0.3, 0.4) is 0 Å². The van der Waals surface area contributed by atoms with Crippen LogP contribution in [-0.2, 0) is 4.74 Å². The van der Waals surface area contributed by atoms with Gasteiger partial charge in [0.15, 0.2) is 0 Å². The Hall–Kier alpha value is -0.380. The lowest BCUT2D eigenvalue weighted by Gasteiger charge is -2.63. The van der Waals surface area contributed by atoms with Crippen molar-refractivity contribution >= 4 is 0 Å². The molecule has 0 aromatic carbocycles. The number of likely N-dealkylation sites (N-methyl/N-ethyl adjacent to an activating group) is 1. The monoisotopic (exact) mass is 252 g/mol. The zero-order chi connectivity index (χ0) is 13.4. The van der Waals surface area contributed by atoms with Crippen molar-refractivity contribution in [1.82, 2.24) is 4.90 Å². The van der Waals surface area contributed by atoms with Gasteiger partial charge in [0.1, 0.15) is 0 Å². The number of hydrogen-bond acceptors (Lipinski definition) is 3. The maximum atomic E-state index is 6.73. The van der Waals surface area contributed by atoms with Crippen LogP contribution in [-0.4, -0.2) is 43.3 Å². The van der Waals surface area contributed by atoms with Crippen molar-refractivity contribution in [3.8, 4) is 0 Å². The molecule has 0 bridgehead atoms. The van der Waals surface area contributed by atoms with E-state index in [0.29, 0.717) is 12.0 Å². The highest BCUT2D eigenvalue weighted by atomic mass is 16.5. The molecule has 3 unspecified atom stereocenters. The van der Waals surface area contributed by atoms with E-state index in [1.807, 2.05) is 6.08 Å². The summed E-state index contributed by atoms with van der Waals surface area (Å²) in [4.78, 5) is 2.37. The van der Waals surface area contributed by atoms with Gasteiger partial charge in [-0.3, -0.25) is 0 Å². The Bertz CT molecular complexity index is 316. The second kappa shape index (κ2) is 4.95. The molecule has 2 fully saturated rings. The maximum Gasteiger partial charge on any atom is 0.0691 e. The average molecular weight is 252 g/mol. The summed E-state index contributed by atoms with van der Waals surface area (Å²) >= 11 is 0. The molecule has 3 atom stereocenters. The van der Waals surface area contributed by atoms with Crippen LogP contribution in [0.5, 0.6) is 0 Å². The number of fused-ring (bicyclic) bond motifs is 1. The van der Waals surface area contributed by atoms with Gasteiger partial charge in [0.05, 0.1) is 6.10 Å². The fourth-order valence-electron chi connectivity index (χ4n) is 3.83. The van der Waals surface area contributed by atoms with Gasteiger partial charge in [0, 0.05) is 30.0 Å². The van der Waals surface area contributed by atoms with Crippen LogP contribution in [0, 0.1) is 11.3 Å². The molecule has 1 saturated heterocycles. The van der Waals surface area contributed by atoms with Crippen LogP contribution in [0.4, 0.5) is 0 Å². The summed E-state index contributed by atoms with van der Waals surface area (Å²) < 4.78 is 5.83. The van der Waals surface area contributed by atoms with Crippen molar-refractivity contribution in [3.63, 3.8) is 0 Å². The third-order valence-corrected chi connectivity index (χ3v) is 5.14. The van der Waals surface area contributed by atoms with Crippen LogP contribution < -0.4 is 5.73 Å². The molecule has 3 heteroatoms. The molecule has 1 heterocycles. The second-order valence-corrected chi connectivity index (χ2v) is 6.62. The van der Waals surface area contributed by atoms with E-state index >= 15 is 0 Å². The minimum Gasteiger partial charge on any atom is -0.377 e. The topological polar surface area (TPSA) is 38.5 Å². The lowest BCUT2D eigenvalue weighted by molar-refractivity contribution is -0.161. The van der Waals surface area contributed by atoms with Crippen LogP contribution in [0.1, 0.15) is 33.1 Å². The average Bonchev–Trinajstić information content (AvgIpc) is 2.77. The summed E-state index contributed by atoms with van der Waals surface area (Å²) in [6.45, 7) is 11.2. The van der Waals surface area contributed by atoms with Gasteiger partial charge in [-0.1, -0.05) is 19.9 Å². The first kappa shape index (κ1) is 14.0. The molecule has 2 rings (SSSR count). The first-order valence-electron chi connectivity index (χ1n) is 7.13. The zero-order valence-electron chi connectivity index (χ0n) is 12.1. The van der Waals surface area contributed by atoms with Crippen molar-refractivity contribution in [2.75, 3.05) is 26.7 Å². The normalized spacial score (nSPS) is 37.4. The van der Waals surface area contributed by atoms with E-state index in [1.54, 1.807) is 0 Å². The van der Waals surface area contributed by atoms with E-state index in [9.17, 15) is 0 Å². The number of unbranched alkanes of at least 4 members (excludes halogenated alkanes) is 1. The highest BCUT2D eigenvalue weighted by Gasteiger charge is 2.67. The molecule has 0 spiro atoms. The summed E-state index contributed by atoms with van der Waals surface area (Å²) in [5, 5.41) is 0. The van der Waals surface area contributed by atoms with Crippen molar-refractivity contribution in [3.05, 3.63) is 12.7 Å². The molecular formula is C15H28N2O. The number of allylic oxidation sites excluding steroid dienone is 1. The molecule has 1 aliphatic heterocycles. The van der Waals surface area contributed by atoms with Gasteiger partial charge in [-0.15, -0.1) is 6.58 Å². The molecule has 0 aromatic heterocycles. The number of rotatable bonds is 6. The molecule has 2 aliphatic rings. The quantitative estimate of drug-likeness (QED) is 0.580. The van der Waals surface area contributed by atoms with Crippen molar-refractivity contribution in [1.29, 1.82) is 0 Å². The van der Waals surface area contributed by atoms with Gasteiger partial charge in [-0.2, -0.15) is 0 Å². The molecule has 3 nitrogen and oxygen atoms in total. The van der Waals surface area contributed by atoms with E-state index in [2.05, 4.69) is 32.4 Å². The van der Waals surface area contributed by atoms with E-state index in [1.165, 1.54) is 6.42 Å². The van der Waals surface area contributed by atoms with E-state index in [-0.39, 0.29) is 11.0 Å². The smallest absolute Gasteiger partial charge is 0.0691 e. The molecule has 1 saturated carbocycles. The Labute approximate surface area is 111 Å². The lowest BCUT2D eigenvalue weighted by Crippen LogP contribution is -2.78. The molecule has 0 amide bonds. The van der Waals surface area contributed by atoms with Crippen LogP contribution in [0.2, 0.25) is 0 Å². The van der Waals surface area contributed by atoms with Gasteiger partial charge in [0.2, 0.25) is 0 Å². The zero-order valence-corrected chi connectivity index (χ0v) is 12.1. The number of nitrogens with two attached hydrogens (primary N) is 1. The van der Waals surface area contributed by atoms with Crippen LogP contribution in [0.15, 0.2) is 12.7 Å². The molecule has 0 radical (unpaired) electrons. The van der Waals surface area contributed by atoms with E-state index < -0.39 is 0 Å². The molecular weight excluding hydrogens is 224 g/mol.